The summed E-state index contributed by atoms with van der Waals surface area (Å²) in [6.45, 7) is 0. The van der Waals surface area contributed by atoms with Gasteiger partial charge < -0.3 is 15.3 Å². The number of hydrogen-bond acceptors (Lipinski definition) is 3. The van der Waals surface area contributed by atoms with Crippen molar-refractivity contribution in [3.05, 3.63) is 41.5 Å². The number of allylic oxidation sites excluding steroid dienone is 1. The van der Waals surface area contributed by atoms with E-state index in [1.807, 2.05) is 6.08 Å². The number of carboxylic acid groups (broad SMARTS) is 2. The maximum Gasteiger partial charge on any atom is 0.339 e. The standard InChI is InChI=1S/C15H18O5/c16-12-9-6-8-11(14(12)15(19)20)7-4-2-1-3-5-10-13(17)18/h3,5-6,8-9,16H,1-2,4,7,10H2,(H,17,18)(H,19,20)/b5-3+. The van der Waals surface area contributed by atoms with Crippen LogP contribution in [0.2, 0.25) is 0 Å². The Morgan fingerprint density at radius 3 is 2.50 bits per heavy atom. The van der Waals surface area contributed by atoms with Crippen molar-refractivity contribution >= 4 is 11.9 Å². The molecule has 20 heavy (non-hydrogen) atoms. The smallest absolute Gasteiger partial charge is 0.339 e. The summed E-state index contributed by atoms with van der Waals surface area (Å²) in [7, 11) is 0. The molecule has 0 radical (unpaired) electrons. The number of aliphatic carboxylic acids is 1. The summed E-state index contributed by atoms with van der Waals surface area (Å²) in [4.78, 5) is 21.3. The fourth-order valence-corrected chi connectivity index (χ4v) is 1.92. The molecule has 0 bridgehead atoms. The molecule has 0 atom stereocenters. The summed E-state index contributed by atoms with van der Waals surface area (Å²) < 4.78 is 0. The van der Waals surface area contributed by atoms with E-state index in [0.29, 0.717) is 12.0 Å². The monoisotopic (exact) mass is 278 g/mol. The average Bonchev–Trinajstić information content (AvgIpc) is 2.36. The van der Waals surface area contributed by atoms with Gasteiger partial charge in [0.2, 0.25) is 0 Å². The molecule has 108 valence electrons. The second-order valence-electron chi connectivity index (χ2n) is 4.43. The summed E-state index contributed by atoms with van der Waals surface area (Å²) in [5, 5.41) is 27.0. The predicted molar refractivity (Wildman–Crippen MR) is 74.0 cm³/mol. The van der Waals surface area contributed by atoms with E-state index in [1.54, 1.807) is 18.2 Å². The van der Waals surface area contributed by atoms with Gasteiger partial charge in [0, 0.05) is 0 Å². The first-order valence-electron chi connectivity index (χ1n) is 6.43. The lowest BCUT2D eigenvalue weighted by Gasteiger charge is -2.07. The highest BCUT2D eigenvalue weighted by Gasteiger charge is 2.14. The van der Waals surface area contributed by atoms with Gasteiger partial charge in [0.05, 0.1) is 6.42 Å². The van der Waals surface area contributed by atoms with Crippen molar-refractivity contribution in [2.24, 2.45) is 0 Å². The van der Waals surface area contributed by atoms with Crippen LogP contribution >= 0.6 is 0 Å². The molecule has 1 aromatic carbocycles. The minimum atomic E-state index is -1.13. The fraction of sp³-hybridized carbons (Fsp3) is 0.333. The number of rotatable bonds is 8. The quantitative estimate of drug-likeness (QED) is 0.502. The zero-order valence-electron chi connectivity index (χ0n) is 11.1. The zero-order valence-corrected chi connectivity index (χ0v) is 11.1. The van der Waals surface area contributed by atoms with Gasteiger partial charge in [0.15, 0.2) is 0 Å². The molecule has 1 rings (SSSR count). The van der Waals surface area contributed by atoms with Crippen molar-refractivity contribution in [3.63, 3.8) is 0 Å². The Labute approximate surface area is 117 Å². The number of benzene rings is 1. The van der Waals surface area contributed by atoms with Gasteiger partial charge in [-0.3, -0.25) is 4.79 Å². The lowest BCUT2D eigenvalue weighted by Crippen LogP contribution is -2.03. The summed E-state index contributed by atoms with van der Waals surface area (Å²) in [6.07, 6.45) is 6.40. The Kier molecular flexibility index (Phi) is 6.29. The lowest BCUT2D eigenvalue weighted by molar-refractivity contribution is -0.136. The first kappa shape index (κ1) is 15.8. The van der Waals surface area contributed by atoms with Crippen molar-refractivity contribution in [2.75, 3.05) is 0 Å². The SMILES string of the molecule is O=C(O)C/C=C/CCCCc1cccc(O)c1C(=O)O. The second kappa shape index (κ2) is 7.99. The molecule has 0 saturated carbocycles. The molecular formula is C15H18O5. The zero-order chi connectivity index (χ0) is 15.0. The van der Waals surface area contributed by atoms with E-state index in [-0.39, 0.29) is 17.7 Å². The van der Waals surface area contributed by atoms with Crippen molar-refractivity contribution < 1.29 is 24.9 Å². The normalized spacial score (nSPS) is 10.8. The molecular weight excluding hydrogens is 260 g/mol. The van der Waals surface area contributed by atoms with Gasteiger partial charge in [-0.25, -0.2) is 4.79 Å². The van der Waals surface area contributed by atoms with Crippen LogP contribution in [0.3, 0.4) is 0 Å². The molecule has 0 aliphatic carbocycles. The molecule has 5 nitrogen and oxygen atoms in total. The molecule has 0 aliphatic rings. The molecule has 0 aromatic heterocycles. The lowest BCUT2D eigenvalue weighted by atomic mass is 10.0. The van der Waals surface area contributed by atoms with Crippen LogP contribution in [0.4, 0.5) is 0 Å². The molecule has 0 amide bonds. The van der Waals surface area contributed by atoms with Gasteiger partial charge in [-0.15, -0.1) is 0 Å². The molecule has 3 N–H and O–H groups in total. The van der Waals surface area contributed by atoms with Gasteiger partial charge in [0.1, 0.15) is 11.3 Å². The third-order valence-electron chi connectivity index (χ3n) is 2.87. The number of unbranched alkanes of at least 4 members (excludes halogenated alkanes) is 2. The molecule has 0 heterocycles. The van der Waals surface area contributed by atoms with Gasteiger partial charge in [0.25, 0.3) is 0 Å². The highest BCUT2D eigenvalue weighted by atomic mass is 16.4. The third-order valence-corrected chi connectivity index (χ3v) is 2.87. The largest absolute Gasteiger partial charge is 0.507 e. The Morgan fingerprint density at radius 1 is 1.10 bits per heavy atom. The van der Waals surface area contributed by atoms with Crippen LogP contribution in [0.15, 0.2) is 30.4 Å². The summed E-state index contributed by atoms with van der Waals surface area (Å²) in [6, 6.07) is 4.69. The van der Waals surface area contributed by atoms with Crippen LogP contribution in [0.25, 0.3) is 0 Å². The molecule has 1 aromatic rings. The summed E-state index contributed by atoms with van der Waals surface area (Å²) >= 11 is 0. The molecule has 0 unspecified atom stereocenters. The van der Waals surface area contributed by atoms with E-state index in [4.69, 9.17) is 10.2 Å². The molecule has 0 fully saturated rings. The molecule has 0 spiro atoms. The maximum absolute atomic E-state index is 11.1. The van der Waals surface area contributed by atoms with E-state index in [1.165, 1.54) is 6.07 Å². The van der Waals surface area contributed by atoms with Crippen LogP contribution in [0.1, 0.15) is 41.6 Å². The first-order valence-corrected chi connectivity index (χ1v) is 6.43. The van der Waals surface area contributed by atoms with Crippen LogP contribution in [-0.2, 0) is 11.2 Å². The Morgan fingerprint density at radius 2 is 1.85 bits per heavy atom. The topological polar surface area (TPSA) is 94.8 Å². The third kappa shape index (κ3) is 5.14. The average molecular weight is 278 g/mol. The fourth-order valence-electron chi connectivity index (χ4n) is 1.92. The van der Waals surface area contributed by atoms with Gasteiger partial charge >= 0.3 is 11.9 Å². The van der Waals surface area contributed by atoms with Crippen molar-refractivity contribution in [1.82, 2.24) is 0 Å². The van der Waals surface area contributed by atoms with Gasteiger partial charge in [-0.05, 0) is 37.3 Å². The predicted octanol–water partition coefficient (Wildman–Crippen LogP) is 2.83. The molecule has 0 aliphatic heterocycles. The van der Waals surface area contributed by atoms with E-state index < -0.39 is 11.9 Å². The molecule has 5 heteroatoms. The number of carboxylic acids is 2. The van der Waals surface area contributed by atoms with Crippen LogP contribution in [0.5, 0.6) is 5.75 Å². The van der Waals surface area contributed by atoms with Crippen LogP contribution in [0, 0.1) is 0 Å². The number of hydrogen-bond donors (Lipinski definition) is 3. The van der Waals surface area contributed by atoms with E-state index in [2.05, 4.69) is 0 Å². The Bertz CT molecular complexity index is 505. The minimum absolute atomic E-state index is 0.0235. The van der Waals surface area contributed by atoms with Crippen molar-refractivity contribution in [3.8, 4) is 5.75 Å². The van der Waals surface area contributed by atoms with Crippen molar-refractivity contribution in [1.29, 1.82) is 0 Å². The van der Waals surface area contributed by atoms with Gasteiger partial charge in [-0.2, -0.15) is 0 Å². The maximum atomic E-state index is 11.1. The van der Waals surface area contributed by atoms with E-state index in [9.17, 15) is 14.7 Å². The number of carbonyl (C=O) groups is 2. The number of aryl methyl sites for hydroxylation is 1. The van der Waals surface area contributed by atoms with E-state index >= 15 is 0 Å². The van der Waals surface area contributed by atoms with Crippen LogP contribution < -0.4 is 0 Å². The molecule has 0 saturated heterocycles. The highest BCUT2D eigenvalue weighted by molar-refractivity contribution is 5.92. The number of phenols is 1. The first-order chi connectivity index (χ1) is 9.52. The van der Waals surface area contributed by atoms with E-state index in [0.717, 1.165) is 19.3 Å². The summed E-state index contributed by atoms with van der Waals surface area (Å²) in [5.41, 5.74) is 0.584. The summed E-state index contributed by atoms with van der Waals surface area (Å²) in [5.74, 6) is -2.19. The number of aromatic hydroxyl groups is 1. The van der Waals surface area contributed by atoms with Crippen LogP contribution in [-0.4, -0.2) is 27.3 Å². The minimum Gasteiger partial charge on any atom is -0.507 e. The second-order valence-corrected chi connectivity index (χ2v) is 4.43. The number of aromatic carboxylic acids is 1. The Hall–Kier alpha value is -2.30. The Balaban J connectivity index is 2.43. The van der Waals surface area contributed by atoms with Crippen molar-refractivity contribution in [2.45, 2.75) is 32.1 Å². The van der Waals surface area contributed by atoms with Gasteiger partial charge in [-0.1, -0.05) is 24.3 Å². The highest BCUT2D eigenvalue weighted by Crippen LogP contribution is 2.22.